The predicted molar refractivity (Wildman–Crippen MR) is 75.4 cm³/mol. The molecule has 104 valence electrons. The minimum absolute atomic E-state index is 0.302. The van der Waals surface area contributed by atoms with Crippen molar-refractivity contribution < 1.29 is 14.6 Å². The van der Waals surface area contributed by atoms with Crippen LogP contribution in [0.4, 0.5) is 5.82 Å². The maximum atomic E-state index is 10.5. The van der Waals surface area contributed by atoms with Crippen LogP contribution in [0.5, 0.6) is 5.75 Å². The summed E-state index contributed by atoms with van der Waals surface area (Å²) in [5, 5.41) is 12.7. The number of anilines is 1. The molecule has 0 aliphatic heterocycles. The molecule has 0 atom stereocenters. The van der Waals surface area contributed by atoms with Crippen LogP contribution in [0, 0.1) is 0 Å². The quantitative estimate of drug-likeness (QED) is 0.808. The zero-order valence-corrected chi connectivity index (χ0v) is 11.0. The molecule has 6 heteroatoms. The molecule has 0 unspecified atom stereocenters. The van der Waals surface area contributed by atoms with Crippen molar-refractivity contribution >= 4 is 17.9 Å². The molecule has 3 N–H and O–H groups in total. The number of aromatic nitrogens is 2. The van der Waals surface area contributed by atoms with Gasteiger partial charge in [0.2, 0.25) is 0 Å². The minimum atomic E-state index is -1.02. The first-order valence-corrected chi connectivity index (χ1v) is 5.95. The number of hydrogen-bond acceptors (Lipinski definition) is 4. The van der Waals surface area contributed by atoms with Gasteiger partial charge in [0.25, 0.3) is 0 Å². The lowest BCUT2D eigenvalue weighted by molar-refractivity contribution is -0.131. The number of ether oxygens (including phenoxy) is 1. The largest absolute Gasteiger partial charge is 0.497 e. The average molecular weight is 273 g/mol. The third-order valence-electron chi connectivity index (χ3n) is 2.73. The van der Waals surface area contributed by atoms with E-state index in [1.54, 1.807) is 18.0 Å². The van der Waals surface area contributed by atoms with Crippen LogP contribution in [0.2, 0.25) is 0 Å². The van der Waals surface area contributed by atoms with Crippen LogP contribution in [0.25, 0.3) is 6.08 Å². The summed E-state index contributed by atoms with van der Waals surface area (Å²) < 4.78 is 6.76. The lowest BCUT2D eigenvalue weighted by atomic mass is 10.2. The highest BCUT2D eigenvalue weighted by atomic mass is 16.5. The molecule has 6 nitrogen and oxygen atoms in total. The highest BCUT2D eigenvalue weighted by Crippen LogP contribution is 2.15. The van der Waals surface area contributed by atoms with Gasteiger partial charge < -0.3 is 15.6 Å². The smallest absolute Gasteiger partial charge is 0.328 e. The zero-order valence-electron chi connectivity index (χ0n) is 11.0. The van der Waals surface area contributed by atoms with Gasteiger partial charge >= 0.3 is 5.97 Å². The van der Waals surface area contributed by atoms with E-state index in [0.29, 0.717) is 17.9 Å². The lowest BCUT2D eigenvalue weighted by Crippen LogP contribution is -2.00. The molecule has 0 bridgehead atoms. The van der Waals surface area contributed by atoms with Gasteiger partial charge in [0.15, 0.2) is 5.82 Å². The minimum Gasteiger partial charge on any atom is -0.497 e. The van der Waals surface area contributed by atoms with E-state index in [9.17, 15) is 4.79 Å². The van der Waals surface area contributed by atoms with Crippen LogP contribution in [0.3, 0.4) is 0 Å². The van der Waals surface area contributed by atoms with Crippen LogP contribution in [-0.4, -0.2) is 28.0 Å². The van der Waals surface area contributed by atoms with E-state index in [4.69, 9.17) is 15.6 Å². The van der Waals surface area contributed by atoms with Gasteiger partial charge in [0, 0.05) is 17.8 Å². The molecule has 0 amide bonds. The number of nitrogen functional groups attached to an aromatic ring is 1. The molecular weight excluding hydrogens is 258 g/mol. The van der Waals surface area contributed by atoms with Crippen LogP contribution in [0.15, 0.2) is 36.5 Å². The van der Waals surface area contributed by atoms with E-state index < -0.39 is 5.97 Å². The molecule has 2 aromatic rings. The fraction of sp³-hybridized carbons (Fsp3) is 0.143. The van der Waals surface area contributed by atoms with Crippen molar-refractivity contribution in [2.75, 3.05) is 12.8 Å². The second-order valence-electron chi connectivity index (χ2n) is 4.19. The van der Waals surface area contributed by atoms with Crippen LogP contribution >= 0.6 is 0 Å². The van der Waals surface area contributed by atoms with Gasteiger partial charge in [-0.1, -0.05) is 12.1 Å². The Labute approximate surface area is 116 Å². The Hall–Kier alpha value is -2.76. The van der Waals surface area contributed by atoms with Crippen LogP contribution < -0.4 is 10.5 Å². The first-order valence-electron chi connectivity index (χ1n) is 5.95. The van der Waals surface area contributed by atoms with Gasteiger partial charge in [-0.05, 0) is 23.8 Å². The number of carboxylic acid groups (broad SMARTS) is 1. The first-order chi connectivity index (χ1) is 9.58. The van der Waals surface area contributed by atoms with Crippen molar-refractivity contribution in [3.63, 3.8) is 0 Å². The third-order valence-corrected chi connectivity index (χ3v) is 2.73. The molecule has 1 aromatic heterocycles. The highest BCUT2D eigenvalue weighted by molar-refractivity contribution is 5.86. The van der Waals surface area contributed by atoms with E-state index in [-0.39, 0.29) is 0 Å². The number of carboxylic acids is 1. The Morgan fingerprint density at radius 2 is 2.15 bits per heavy atom. The topological polar surface area (TPSA) is 90.4 Å². The average Bonchev–Trinajstić information content (AvgIpc) is 2.77. The van der Waals surface area contributed by atoms with Crippen LogP contribution in [0.1, 0.15) is 11.1 Å². The molecule has 0 spiro atoms. The Bertz CT molecular complexity index is 630. The molecule has 2 rings (SSSR count). The van der Waals surface area contributed by atoms with E-state index >= 15 is 0 Å². The van der Waals surface area contributed by atoms with E-state index in [1.807, 2.05) is 24.3 Å². The number of nitrogens with two attached hydrogens (primary N) is 1. The van der Waals surface area contributed by atoms with E-state index in [1.165, 1.54) is 6.08 Å². The second kappa shape index (κ2) is 5.92. The molecule has 0 saturated heterocycles. The Morgan fingerprint density at radius 3 is 2.75 bits per heavy atom. The summed E-state index contributed by atoms with van der Waals surface area (Å²) in [6.45, 7) is 0.551. The maximum Gasteiger partial charge on any atom is 0.328 e. The fourth-order valence-electron chi connectivity index (χ4n) is 1.74. The standard InChI is InChI=1S/C14H15N3O3/c1-20-12-5-2-10(3-6-12)8-17-9-11(14(15)16-17)4-7-13(18)19/h2-7,9H,8H2,1H3,(H2,15,16)(H,18,19). The van der Waals surface area contributed by atoms with Crippen molar-refractivity contribution in [3.8, 4) is 5.75 Å². The summed E-state index contributed by atoms with van der Waals surface area (Å²) in [5.74, 6) is 0.0714. The molecule has 0 radical (unpaired) electrons. The second-order valence-corrected chi connectivity index (χ2v) is 4.19. The highest BCUT2D eigenvalue weighted by Gasteiger charge is 2.04. The summed E-state index contributed by atoms with van der Waals surface area (Å²) in [6.07, 6.45) is 4.17. The molecule has 1 heterocycles. The van der Waals surface area contributed by atoms with Crippen molar-refractivity contribution in [2.45, 2.75) is 6.54 Å². The SMILES string of the molecule is COc1ccc(Cn2cc(C=CC(=O)O)c(N)n2)cc1. The molecule has 0 saturated carbocycles. The van der Waals surface area contributed by atoms with E-state index in [2.05, 4.69) is 5.10 Å². The summed E-state index contributed by atoms with van der Waals surface area (Å²) in [4.78, 5) is 10.5. The third kappa shape index (κ3) is 3.38. The van der Waals surface area contributed by atoms with Crippen molar-refractivity contribution in [3.05, 3.63) is 47.7 Å². The number of aliphatic carboxylic acids is 1. The molecule has 0 aliphatic carbocycles. The van der Waals surface area contributed by atoms with Gasteiger partial charge in [0.1, 0.15) is 5.75 Å². The number of carbonyl (C=O) groups is 1. The van der Waals surface area contributed by atoms with Crippen molar-refractivity contribution in [1.29, 1.82) is 0 Å². The number of hydrogen-bond donors (Lipinski definition) is 2. The van der Waals surface area contributed by atoms with Gasteiger partial charge in [-0.25, -0.2) is 4.79 Å². The number of nitrogens with zero attached hydrogens (tertiary/aromatic N) is 2. The number of benzene rings is 1. The molecule has 0 fully saturated rings. The monoisotopic (exact) mass is 273 g/mol. The van der Waals surface area contributed by atoms with Gasteiger partial charge in [-0.15, -0.1) is 0 Å². The first kappa shape index (κ1) is 13.7. The van der Waals surface area contributed by atoms with Crippen molar-refractivity contribution in [1.82, 2.24) is 9.78 Å². The van der Waals surface area contributed by atoms with E-state index in [0.717, 1.165) is 17.4 Å². The molecule has 1 aromatic carbocycles. The zero-order chi connectivity index (χ0) is 14.5. The number of rotatable bonds is 5. The van der Waals surface area contributed by atoms with Gasteiger partial charge in [-0.3, -0.25) is 4.68 Å². The fourth-order valence-corrected chi connectivity index (χ4v) is 1.74. The van der Waals surface area contributed by atoms with Gasteiger partial charge in [0.05, 0.1) is 13.7 Å². The van der Waals surface area contributed by atoms with Gasteiger partial charge in [-0.2, -0.15) is 5.10 Å². The predicted octanol–water partition coefficient (Wildman–Crippen LogP) is 1.62. The molecular formula is C14H15N3O3. The summed E-state index contributed by atoms with van der Waals surface area (Å²) in [7, 11) is 1.62. The number of methoxy groups -OCH3 is 1. The lowest BCUT2D eigenvalue weighted by Gasteiger charge is -2.03. The summed E-state index contributed by atoms with van der Waals surface area (Å²) >= 11 is 0. The summed E-state index contributed by atoms with van der Waals surface area (Å²) in [6, 6.07) is 7.60. The maximum absolute atomic E-state index is 10.5. The molecule has 20 heavy (non-hydrogen) atoms. The van der Waals surface area contributed by atoms with Crippen LogP contribution in [-0.2, 0) is 11.3 Å². The van der Waals surface area contributed by atoms with Crippen molar-refractivity contribution in [2.24, 2.45) is 0 Å². The molecule has 0 aliphatic rings. The normalized spacial score (nSPS) is 10.8. The Kier molecular flexibility index (Phi) is 4.05. The summed E-state index contributed by atoms with van der Waals surface area (Å²) in [5.41, 5.74) is 7.36. The Morgan fingerprint density at radius 1 is 1.45 bits per heavy atom. The Balaban J connectivity index is 2.13.